The molecule has 2 heterocycles. The predicted octanol–water partition coefficient (Wildman–Crippen LogP) is 1.64. The molecule has 4 heteroatoms. The van der Waals surface area contributed by atoms with Gasteiger partial charge in [-0.1, -0.05) is 18.3 Å². The number of rotatable bonds is 3. The SMILES string of the molecule is Cc1cccc(CN2CCCC2C(N)=S)n1. The summed E-state index contributed by atoms with van der Waals surface area (Å²) in [6.45, 7) is 3.93. The number of nitrogens with two attached hydrogens (primary N) is 1. The average molecular weight is 235 g/mol. The van der Waals surface area contributed by atoms with E-state index in [1.54, 1.807) is 0 Å². The van der Waals surface area contributed by atoms with Crippen molar-refractivity contribution in [1.29, 1.82) is 0 Å². The number of nitrogens with zero attached hydrogens (tertiary/aromatic N) is 2. The van der Waals surface area contributed by atoms with Crippen molar-refractivity contribution in [2.45, 2.75) is 32.4 Å². The Bertz CT molecular complexity index is 392. The molecule has 16 heavy (non-hydrogen) atoms. The van der Waals surface area contributed by atoms with Gasteiger partial charge in [0, 0.05) is 12.2 Å². The standard InChI is InChI=1S/C12H17N3S/c1-9-4-2-5-10(14-9)8-15-7-3-6-11(15)12(13)16/h2,4-5,11H,3,6-8H2,1H3,(H2,13,16). The van der Waals surface area contributed by atoms with Gasteiger partial charge in [-0.2, -0.15) is 0 Å². The summed E-state index contributed by atoms with van der Waals surface area (Å²) in [5.41, 5.74) is 7.90. The van der Waals surface area contributed by atoms with E-state index in [9.17, 15) is 0 Å². The normalized spacial score (nSPS) is 21.2. The first kappa shape index (κ1) is 11.5. The molecule has 0 aromatic carbocycles. The van der Waals surface area contributed by atoms with Gasteiger partial charge < -0.3 is 5.73 Å². The van der Waals surface area contributed by atoms with Gasteiger partial charge in [-0.15, -0.1) is 0 Å². The van der Waals surface area contributed by atoms with E-state index >= 15 is 0 Å². The summed E-state index contributed by atoms with van der Waals surface area (Å²) in [4.78, 5) is 7.44. The molecule has 1 unspecified atom stereocenters. The molecule has 2 rings (SSSR count). The molecule has 1 fully saturated rings. The zero-order valence-electron chi connectivity index (χ0n) is 9.52. The molecule has 1 saturated heterocycles. The fourth-order valence-corrected chi connectivity index (χ4v) is 2.50. The third kappa shape index (κ3) is 2.57. The molecule has 1 aromatic heterocycles. The van der Waals surface area contributed by atoms with Crippen LogP contribution in [0.4, 0.5) is 0 Å². The molecule has 1 aromatic rings. The third-order valence-electron chi connectivity index (χ3n) is 3.00. The summed E-state index contributed by atoms with van der Waals surface area (Å²) in [5, 5.41) is 0. The second-order valence-corrected chi connectivity index (χ2v) is 4.77. The van der Waals surface area contributed by atoms with Crippen LogP contribution in [0.15, 0.2) is 18.2 Å². The maximum Gasteiger partial charge on any atom is 0.0902 e. The number of aromatic nitrogens is 1. The molecule has 3 nitrogen and oxygen atoms in total. The molecule has 1 atom stereocenters. The summed E-state index contributed by atoms with van der Waals surface area (Å²) < 4.78 is 0. The molecular weight excluding hydrogens is 218 g/mol. The highest BCUT2D eigenvalue weighted by Crippen LogP contribution is 2.19. The van der Waals surface area contributed by atoms with Crippen LogP contribution in [0.5, 0.6) is 0 Å². The summed E-state index contributed by atoms with van der Waals surface area (Å²) in [7, 11) is 0. The fraction of sp³-hybridized carbons (Fsp3) is 0.500. The second kappa shape index (κ2) is 4.89. The molecular formula is C12H17N3S. The molecule has 1 aliphatic heterocycles. The van der Waals surface area contributed by atoms with Gasteiger partial charge in [0.1, 0.15) is 0 Å². The van der Waals surface area contributed by atoms with Crippen molar-refractivity contribution in [1.82, 2.24) is 9.88 Å². The lowest BCUT2D eigenvalue weighted by Crippen LogP contribution is -2.38. The van der Waals surface area contributed by atoms with Crippen LogP contribution >= 0.6 is 12.2 Å². The van der Waals surface area contributed by atoms with E-state index < -0.39 is 0 Å². The third-order valence-corrected chi connectivity index (χ3v) is 3.28. The van der Waals surface area contributed by atoms with E-state index in [2.05, 4.69) is 16.0 Å². The largest absolute Gasteiger partial charge is 0.392 e. The average Bonchev–Trinajstić information content (AvgIpc) is 2.66. The van der Waals surface area contributed by atoms with Crippen molar-refractivity contribution in [3.8, 4) is 0 Å². The van der Waals surface area contributed by atoms with Gasteiger partial charge >= 0.3 is 0 Å². The number of thiocarbonyl (C=S) groups is 1. The zero-order chi connectivity index (χ0) is 11.5. The first-order chi connectivity index (χ1) is 7.66. The van der Waals surface area contributed by atoms with E-state index in [1.165, 1.54) is 6.42 Å². The maximum absolute atomic E-state index is 5.74. The van der Waals surface area contributed by atoms with Crippen LogP contribution in [-0.2, 0) is 6.54 Å². The highest BCUT2D eigenvalue weighted by atomic mass is 32.1. The zero-order valence-corrected chi connectivity index (χ0v) is 10.3. The molecule has 0 radical (unpaired) electrons. The van der Waals surface area contributed by atoms with Crippen LogP contribution in [-0.4, -0.2) is 27.5 Å². The Hall–Kier alpha value is -1.00. The van der Waals surface area contributed by atoms with Crippen LogP contribution in [0.2, 0.25) is 0 Å². The number of hydrogen-bond acceptors (Lipinski definition) is 3. The summed E-state index contributed by atoms with van der Waals surface area (Å²) in [5.74, 6) is 0. The van der Waals surface area contributed by atoms with Crippen molar-refractivity contribution in [2.75, 3.05) is 6.54 Å². The molecule has 0 saturated carbocycles. The Morgan fingerprint density at radius 2 is 2.44 bits per heavy atom. The minimum Gasteiger partial charge on any atom is -0.392 e. The highest BCUT2D eigenvalue weighted by molar-refractivity contribution is 7.80. The van der Waals surface area contributed by atoms with E-state index in [0.717, 1.165) is 30.9 Å². The van der Waals surface area contributed by atoms with Crippen molar-refractivity contribution in [3.05, 3.63) is 29.6 Å². The minimum atomic E-state index is 0.261. The molecule has 1 aliphatic rings. The lowest BCUT2D eigenvalue weighted by atomic mass is 10.2. The number of aryl methyl sites for hydroxylation is 1. The predicted molar refractivity (Wildman–Crippen MR) is 69.2 cm³/mol. The van der Waals surface area contributed by atoms with E-state index in [0.29, 0.717) is 4.99 Å². The van der Waals surface area contributed by atoms with E-state index in [4.69, 9.17) is 18.0 Å². The van der Waals surface area contributed by atoms with Crippen LogP contribution < -0.4 is 5.73 Å². The molecule has 0 amide bonds. The van der Waals surface area contributed by atoms with Crippen LogP contribution in [0.1, 0.15) is 24.2 Å². The monoisotopic (exact) mass is 235 g/mol. The molecule has 0 bridgehead atoms. The van der Waals surface area contributed by atoms with Gasteiger partial charge in [-0.05, 0) is 38.4 Å². The maximum atomic E-state index is 5.74. The summed E-state index contributed by atoms with van der Waals surface area (Å²) >= 11 is 5.09. The van der Waals surface area contributed by atoms with E-state index in [1.807, 2.05) is 19.1 Å². The van der Waals surface area contributed by atoms with Gasteiger partial charge in [0.05, 0.1) is 16.7 Å². The number of hydrogen-bond donors (Lipinski definition) is 1. The Balaban J connectivity index is 2.06. The first-order valence-corrected chi connectivity index (χ1v) is 6.03. The fourth-order valence-electron chi connectivity index (χ4n) is 2.23. The van der Waals surface area contributed by atoms with Crippen molar-refractivity contribution in [3.63, 3.8) is 0 Å². The van der Waals surface area contributed by atoms with Crippen molar-refractivity contribution in [2.24, 2.45) is 5.73 Å². The molecule has 2 N–H and O–H groups in total. The molecule has 0 aliphatic carbocycles. The number of pyridine rings is 1. The summed E-state index contributed by atoms with van der Waals surface area (Å²) in [6.07, 6.45) is 2.26. The van der Waals surface area contributed by atoms with Crippen LogP contribution in [0.25, 0.3) is 0 Å². The van der Waals surface area contributed by atoms with Gasteiger partial charge in [0.15, 0.2) is 0 Å². The Kier molecular flexibility index (Phi) is 3.51. The quantitative estimate of drug-likeness (QED) is 0.809. The van der Waals surface area contributed by atoms with Crippen LogP contribution in [0.3, 0.4) is 0 Å². The van der Waals surface area contributed by atoms with Gasteiger partial charge in [-0.25, -0.2) is 0 Å². The lowest BCUT2D eigenvalue weighted by Gasteiger charge is -2.22. The highest BCUT2D eigenvalue weighted by Gasteiger charge is 2.26. The summed E-state index contributed by atoms with van der Waals surface area (Å²) in [6, 6.07) is 6.38. The Morgan fingerprint density at radius 1 is 1.62 bits per heavy atom. The van der Waals surface area contributed by atoms with Gasteiger partial charge in [0.25, 0.3) is 0 Å². The van der Waals surface area contributed by atoms with Crippen LogP contribution in [0, 0.1) is 6.92 Å². The lowest BCUT2D eigenvalue weighted by molar-refractivity contribution is 0.291. The van der Waals surface area contributed by atoms with Gasteiger partial charge in [-0.3, -0.25) is 9.88 Å². The molecule has 0 spiro atoms. The minimum absolute atomic E-state index is 0.261. The smallest absolute Gasteiger partial charge is 0.0902 e. The van der Waals surface area contributed by atoms with Gasteiger partial charge in [0.2, 0.25) is 0 Å². The van der Waals surface area contributed by atoms with E-state index in [-0.39, 0.29) is 6.04 Å². The number of likely N-dealkylation sites (tertiary alicyclic amines) is 1. The first-order valence-electron chi connectivity index (χ1n) is 5.63. The Morgan fingerprint density at radius 3 is 3.12 bits per heavy atom. The Labute approximate surface area is 102 Å². The molecule has 86 valence electrons. The van der Waals surface area contributed by atoms with Crippen molar-refractivity contribution >= 4 is 17.2 Å². The topological polar surface area (TPSA) is 42.1 Å². The second-order valence-electron chi connectivity index (χ2n) is 4.30. The van der Waals surface area contributed by atoms with Crippen molar-refractivity contribution < 1.29 is 0 Å².